The van der Waals surface area contributed by atoms with Crippen LogP contribution in [0.1, 0.15) is 16.8 Å². The molecule has 31 heavy (non-hydrogen) atoms. The molecule has 0 saturated carbocycles. The van der Waals surface area contributed by atoms with E-state index in [2.05, 4.69) is 4.74 Å². The Kier molecular flexibility index (Phi) is 5.73. The molecule has 1 amide bonds. The first-order valence-electron chi connectivity index (χ1n) is 9.81. The van der Waals surface area contributed by atoms with Gasteiger partial charge in [0.25, 0.3) is 5.91 Å². The molecule has 1 aliphatic rings. The number of phenols is 1. The maximum Gasteiger partial charge on any atom is 0.573 e. The van der Waals surface area contributed by atoms with E-state index in [-0.39, 0.29) is 5.91 Å². The van der Waals surface area contributed by atoms with Gasteiger partial charge in [-0.3, -0.25) is 4.79 Å². The van der Waals surface area contributed by atoms with E-state index >= 15 is 0 Å². The SMILES string of the molecule is O=C(c1ccc(-c2ccc(O)c(OC(F)(F)F)c2)c2ccccc12)N1CCCOCC1. The summed E-state index contributed by atoms with van der Waals surface area (Å²) in [4.78, 5) is 14.9. The van der Waals surface area contributed by atoms with Crippen LogP contribution in [0.25, 0.3) is 21.9 Å². The fraction of sp³-hybridized carbons (Fsp3) is 0.261. The van der Waals surface area contributed by atoms with Crippen molar-refractivity contribution in [3.8, 4) is 22.6 Å². The first kappa shape index (κ1) is 21.0. The first-order valence-corrected chi connectivity index (χ1v) is 9.81. The molecule has 1 heterocycles. The van der Waals surface area contributed by atoms with E-state index in [4.69, 9.17) is 4.74 Å². The number of carbonyl (C=O) groups is 1. The Morgan fingerprint density at radius 1 is 1.00 bits per heavy atom. The number of halogens is 3. The lowest BCUT2D eigenvalue weighted by Gasteiger charge is -2.21. The van der Waals surface area contributed by atoms with Crippen LogP contribution in [0.5, 0.6) is 11.5 Å². The summed E-state index contributed by atoms with van der Waals surface area (Å²) < 4.78 is 47.4. The second-order valence-electron chi connectivity index (χ2n) is 7.19. The van der Waals surface area contributed by atoms with E-state index in [1.54, 1.807) is 23.1 Å². The van der Waals surface area contributed by atoms with Crippen molar-refractivity contribution in [2.75, 3.05) is 26.3 Å². The lowest BCUT2D eigenvalue weighted by molar-refractivity contribution is -0.275. The second kappa shape index (κ2) is 8.47. The Morgan fingerprint density at radius 3 is 2.55 bits per heavy atom. The number of alkyl halides is 3. The molecule has 0 bridgehead atoms. The summed E-state index contributed by atoms with van der Waals surface area (Å²) in [5.41, 5.74) is 1.57. The van der Waals surface area contributed by atoms with Crippen LogP contribution in [0.15, 0.2) is 54.6 Å². The fourth-order valence-electron chi connectivity index (χ4n) is 3.74. The summed E-state index contributed by atoms with van der Waals surface area (Å²) in [6.07, 6.45) is -4.16. The molecule has 0 radical (unpaired) electrons. The maximum absolute atomic E-state index is 13.2. The van der Waals surface area contributed by atoms with Gasteiger partial charge in [0.15, 0.2) is 11.5 Å². The van der Waals surface area contributed by atoms with Crippen LogP contribution in [0.2, 0.25) is 0 Å². The molecular formula is C23H20F3NO4. The smallest absolute Gasteiger partial charge is 0.504 e. The molecule has 5 nitrogen and oxygen atoms in total. The molecule has 0 aromatic heterocycles. The number of amides is 1. The van der Waals surface area contributed by atoms with Crippen LogP contribution in [0, 0.1) is 0 Å². The van der Waals surface area contributed by atoms with Crippen LogP contribution in [0.3, 0.4) is 0 Å². The lowest BCUT2D eigenvalue weighted by atomic mass is 9.94. The summed E-state index contributed by atoms with van der Waals surface area (Å²) in [7, 11) is 0. The Balaban J connectivity index is 1.77. The summed E-state index contributed by atoms with van der Waals surface area (Å²) >= 11 is 0. The molecule has 0 aliphatic carbocycles. The summed E-state index contributed by atoms with van der Waals surface area (Å²) in [6.45, 7) is 2.21. The van der Waals surface area contributed by atoms with Crippen molar-refractivity contribution in [3.63, 3.8) is 0 Å². The third-order valence-electron chi connectivity index (χ3n) is 5.16. The van der Waals surface area contributed by atoms with Crippen molar-refractivity contribution in [1.29, 1.82) is 0 Å². The summed E-state index contributed by atoms with van der Waals surface area (Å²) in [5, 5.41) is 11.2. The second-order valence-corrected chi connectivity index (χ2v) is 7.19. The van der Waals surface area contributed by atoms with E-state index < -0.39 is 17.9 Å². The number of hydrogen-bond acceptors (Lipinski definition) is 4. The Labute approximate surface area is 176 Å². The lowest BCUT2D eigenvalue weighted by Crippen LogP contribution is -2.33. The van der Waals surface area contributed by atoms with Crippen LogP contribution < -0.4 is 4.74 Å². The molecule has 0 unspecified atom stereocenters. The minimum absolute atomic E-state index is 0.111. The quantitative estimate of drug-likeness (QED) is 0.636. The van der Waals surface area contributed by atoms with Gasteiger partial charge in [0.05, 0.1) is 6.61 Å². The molecule has 1 aliphatic heterocycles. The van der Waals surface area contributed by atoms with Crippen LogP contribution in [0.4, 0.5) is 13.2 Å². The highest BCUT2D eigenvalue weighted by Crippen LogP contribution is 2.38. The Hall–Kier alpha value is -3.26. The topological polar surface area (TPSA) is 59.0 Å². The first-order chi connectivity index (χ1) is 14.8. The highest BCUT2D eigenvalue weighted by Gasteiger charge is 2.32. The van der Waals surface area contributed by atoms with Gasteiger partial charge in [0, 0.05) is 25.3 Å². The molecule has 0 spiro atoms. The van der Waals surface area contributed by atoms with Crippen LogP contribution >= 0.6 is 0 Å². The van der Waals surface area contributed by atoms with Crippen molar-refractivity contribution in [1.82, 2.24) is 4.90 Å². The third kappa shape index (κ3) is 4.59. The van der Waals surface area contributed by atoms with E-state index in [9.17, 15) is 23.1 Å². The average molecular weight is 431 g/mol. The normalized spacial score (nSPS) is 15.0. The minimum atomic E-state index is -4.93. The number of fused-ring (bicyclic) bond motifs is 1. The molecular weight excluding hydrogens is 411 g/mol. The van der Waals surface area contributed by atoms with Crippen molar-refractivity contribution in [2.45, 2.75) is 12.8 Å². The van der Waals surface area contributed by atoms with Gasteiger partial charge >= 0.3 is 6.36 Å². The van der Waals surface area contributed by atoms with Gasteiger partial charge in [0.2, 0.25) is 0 Å². The number of rotatable bonds is 3. The largest absolute Gasteiger partial charge is 0.573 e. The Morgan fingerprint density at radius 2 is 1.77 bits per heavy atom. The highest BCUT2D eigenvalue weighted by molar-refractivity contribution is 6.11. The average Bonchev–Trinajstić information content (AvgIpc) is 3.03. The van der Waals surface area contributed by atoms with Crippen molar-refractivity contribution in [3.05, 3.63) is 60.2 Å². The van der Waals surface area contributed by atoms with E-state index in [0.29, 0.717) is 53.8 Å². The molecule has 3 aromatic carbocycles. The van der Waals surface area contributed by atoms with Gasteiger partial charge in [-0.1, -0.05) is 36.4 Å². The number of ether oxygens (including phenoxy) is 2. The van der Waals surface area contributed by atoms with Crippen molar-refractivity contribution >= 4 is 16.7 Å². The highest BCUT2D eigenvalue weighted by atomic mass is 19.4. The fourth-order valence-corrected chi connectivity index (χ4v) is 3.74. The summed E-state index contributed by atoms with van der Waals surface area (Å²) in [6, 6.07) is 14.4. The number of nitrogens with zero attached hydrogens (tertiary/aromatic N) is 1. The van der Waals surface area contributed by atoms with Gasteiger partial charge in [-0.15, -0.1) is 13.2 Å². The molecule has 8 heteroatoms. The standard InChI is InChI=1S/C23H20F3NO4/c24-23(25,26)31-21-14-15(6-9-20(21)28)16-7-8-19(18-5-2-1-4-17(16)18)22(29)27-10-3-12-30-13-11-27/h1-2,4-9,14,28H,3,10-13H2. The minimum Gasteiger partial charge on any atom is -0.504 e. The zero-order valence-corrected chi connectivity index (χ0v) is 16.5. The predicted octanol–water partition coefficient (Wildman–Crippen LogP) is 4.97. The summed E-state index contributed by atoms with van der Waals surface area (Å²) in [5.74, 6) is -1.40. The third-order valence-corrected chi connectivity index (χ3v) is 5.16. The van der Waals surface area contributed by atoms with Gasteiger partial charge in [-0.25, -0.2) is 0 Å². The zero-order valence-electron chi connectivity index (χ0n) is 16.5. The molecule has 4 rings (SSSR count). The van der Waals surface area contributed by atoms with Gasteiger partial charge in [-0.2, -0.15) is 0 Å². The molecule has 1 N–H and O–H groups in total. The number of aromatic hydroxyl groups is 1. The molecule has 1 fully saturated rings. The van der Waals surface area contributed by atoms with E-state index in [1.807, 2.05) is 18.2 Å². The molecule has 0 atom stereocenters. The van der Waals surface area contributed by atoms with Gasteiger partial charge in [0.1, 0.15) is 0 Å². The zero-order chi connectivity index (χ0) is 22.0. The number of phenolic OH excluding ortho intramolecular Hbond substituents is 1. The molecule has 1 saturated heterocycles. The van der Waals surface area contributed by atoms with Crippen LogP contribution in [-0.4, -0.2) is 48.6 Å². The van der Waals surface area contributed by atoms with Crippen molar-refractivity contribution < 1.29 is 32.5 Å². The molecule has 162 valence electrons. The number of hydrogen-bond donors (Lipinski definition) is 1. The monoisotopic (exact) mass is 431 g/mol. The number of benzene rings is 3. The van der Waals surface area contributed by atoms with Crippen molar-refractivity contribution in [2.24, 2.45) is 0 Å². The van der Waals surface area contributed by atoms with Gasteiger partial charge < -0.3 is 19.5 Å². The van der Waals surface area contributed by atoms with E-state index in [1.165, 1.54) is 6.07 Å². The Bertz CT molecular complexity index is 1110. The predicted molar refractivity (Wildman–Crippen MR) is 109 cm³/mol. The van der Waals surface area contributed by atoms with E-state index in [0.717, 1.165) is 18.6 Å². The molecule has 3 aromatic rings. The van der Waals surface area contributed by atoms with Crippen LogP contribution in [-0.2, 0) is 4.74 Å². The van der Waals surface area contributed by atoms with Gasteiger partial charge in [-0.05, 0) is 46.5 Å². The maximum atomic E-state index is 13.2. The number of carbonyl (C=O) groups excluding carboxylic acids is 1.